The lowest BCUT2D eigenvalue weighted by Gasteiger charge is -2.18. The molecule has 8 N–H and O–H groups in total. The van der Waals surface area contributed by atoms with E-state index < -0.39 is 24.0 Å². The van der Waals surface area contributed by atoms with Crippen molar-refractivity contribution in [2.24, 2.45) is 22.2 Å². The van der Waals surface area contributed by atoms with Crippen LogP contribution in [0.15, 0.2) is 17.5 Å². The molecule has 1 aromatic rings. The van der Waals surface area contributed by atoms with Crippen LogP contribution in [0.25, 0.3) is 0 Å². The number of nitrogens with two attached hydrogens (primary N) is 3. The molecule has 1 amide bonds. The Hall–Kier alpha value is -2.62. The highest BCUT2D eigenvalue weighted by molar-refractivity contribution is 5.87. The monoisotopic (exact) mass is 325 g/mol. The first-order chi connectivity index (χ1) is 10.9. The van der Waals surface area contributed by atoms with Crippen LogP contribution in [0.1, 0.15) is 18.5 Å². The first kappa shape index (κ1) is 18.4. The van der Waals surface area contributed by atoms with Gasteiger partial charge in [0, 0.05) is 24.9 Å². The minimum absolute atomic E-state index is 0.0229. The van der Waals surface area contributed by atoms with Gasteiger partial charge in [0.1, 0.15) is 6.04 Å². The fourth-order valence-electron chi connectivity index (χ4n) is 1.90. The van der Waals surface area contributed by atoms with E-state index in [0.717, 1.165) is 5.69 Å². The van der Waals surface area contributed by atoms with Crippen molar-refractivity contribution in [3.63, 3.8) is 0 Å². The van der Waals surface area contributed by atoms with E-state index in [0.29, 0.717) is 19.4 Å². The third-order valence-electron chi connectivity index (χ3n) is 3.08. The summed E-state index contributed by atoms with van der Waals surface area (Å²) in [7, 11) is 1.25. The molecule has 0 aliphatic carbocycles. The highest BCUT2D eigenvalue weighted by Gasteiger charge is 2.24. The molecule has 0 aliphatic rings. The van der Waals surface area contributed by atoms with Gasteiger partial charge < -0.3 is 32.2 Å². The standard InChI is InChI=1S/C13H23N7O3/c1-23-12(22)10(3-2-4-18-13(15)16)20-11(21)9(14)5-8-6-17-7-19-8/h6-7,9-10H,2-5,14H2,1H3,(H,17,19)(H,20,21)(H4,15,16,18)/t9-,10-/m0/s1. The average Bonchev–Trinajstić information content (AvgIpc) is 3.01. The summed E-state index contributed by atoms with van der Waals surface area (Å²) in [6.07, 6.45) is 4.22. The lowest BCUT2D eigenvalue weighted by atomic mass is 10.1. The lowest BCUT2D eigenvalue weighted by molar-refractivity contribution is -0.145. The number of methoxy groups -OCH3 is 1. The smallest absolute Gasteiger partial charge is 0.328 e. The Morgan fingerprint density at radius 1 is 1.48 bits per heavy atom. The van der Waals surface area contributed by atoms with E-state index in [4.69, 9.17) is 17.2 Å². The van der Waals surface area contributed by atoms with Crippen molar-refractivity contribution in [3.05, 3.63) is 18.2 Å². The third-order valence-corrected chi connectivity index (χ3v) is 3.08. The molecule has 2 atom stereocenters. The number of imidazole rings is 1. The summed E-state index contributed by atoms with van der Waals surface area (Å²) in [5.41, 5.74) is 17.0. The van der Waals surface area contributed by atoms with Crippen LogP contribution in [-0.2, 0) is 20.7 Å². The largest absolute Gasteiger partial charge is 0.467 e. The number of H-pyrrole nitrogens is 1. The van der Waals surface area contributed by atoms with Gasteiger partial charge in [-0.2, -0.15) is 0 Å². The molecule has 0 aliphatic heterocycles. The van der Waals surface area contributed by atoms with Crippen molar-refractivity contribution in [2.75, 3.05) is 13.7 Å². The summed E-state index contributed by atoms with van der Waals surface area (Å²) >= 11 is 0. The number of hydrogen-bond donors (Lipinski definition) is 5. The molecule has 23 heavy (non-hydrogen) atoms. The zero-order valence-electron chi connectivity index (χ0n) is 13.0. The minimum atomic E-state index is -0.805. The molecule has 0 spiro atoms. The first-order valence-electron chi connectivity index (χ1n) is 7.10. The Bertz CT molecular complexity index is 526. The Labute approximate surface area is 133 Å². The Morgan fingerprint density at radius 3 is 2.78 bits per heavy atom. The maximum Gasteiger partial charge on any atom is 0.328 e. The van der Waals surface area contributed by atoms with Crippen LogP contribution in [0.3, 0.4) is 0 Å². The fourth-order valence-corrected chi connectivity index (χ4v) is 1.90. The number of ether oxygens (including phenoxy) is 1. The second kappa shape index (κ2) is 9.41. The number of aromatic amines is 1. The predicted octanol–water partition coefficient (Wildman–Crippen LogP) is -2.01. The molecule has 10 heteroatoms. The molecule has 0 bridgehead atoms. The van der Waals surface area contributed by atoms with Gasteiger partial charge in [0.15, 0.2) is 5.96 Å². The number of nitrogens with one attached hydrogen (secondary N) is 2. The molecule has 1 rings (SSSR count). The average molecular weight is 325 g/mol. The third kappa shape index (κ3) is 6.78. The van der Waals surface area contributed by atoms with E-state index in [9.17, 15) is 9.59 Å². The van der Waals surface area contributed by atoms with Gasteiger partial charge in [-0.1, -0.05) is 0 Å². The Morgan fingerprint density at radius 2 is 2.22 bits per heavy atom. The van der Waals surface area contributed by atoms with Gasteiger partial charge in [-0.05, 0) is 12.8 Å². The number of carbonyl (C=O) groups is 2. The molecule has 0 radical (unpaired) electrons. The summed E-state index contributed by atoms with van der Waals surface area (Å²) < 4.78 is 4.68. The van der Waals surface area contributed by atoms with Crippen molar-refractivity contribution in [2.45, 2.75) is 31.3 Å². The van der Waals surface area contributed by atoms with E-state index in [1.165, 1.54) is 13.4 Å². The van der Waals surface area contributed by atoms with Crippen LogP contribution in [-0.4, -0.2) is 53.5 Å². The summed E-state index contributed by atoms with van der Waals surface area (Å²) in [5.74, 6) is -1.01. The normalized spacial score (nSPS) is 13.0. The van der Waals surface area contributed by atoms with Gasteiger partial charge >= 0.3 is 5.97 Å². The molecule has 0 aromatic carbocycles. The van der Waals surface area contributed by atoms with Crippen LogP contribution in [0.2, 0.25) is 0 Å². The van der Waals surface area contributed by atoms with Crippen molar-refractivity contribution < 1.29 is 14.3 Å². The number of hydrogen-bond acceptors (Lipinski definition) is 6. The number of aliphatic imine (C=N–C) groups is 1. The SMILES string of the molecule is COC(=O)[C@H](CCCN=C(N)N)NC(=O)[C@@H](N)Cc1cnc[nH]1. The van der Waals surface area contributed by atoms with E-state index in [2.05, 4.69) is 25.0 Å². The zero-order chi connectivity index (χ0) is 17.2. The summed E-state index contributed by atoms with van der Waals surface area (Å²) in [6, 6.07) is -1.60. The molecule has 10 nitrogen and oxygen atoms in total. The van der Waals surface area contributed by atoms with E-state index in [1.807, 2.05) is 0 Å². The molecule has 0 saturated carbocycles. The van der Waals surface area contributed by atoms with Crippen molar-refractivity contribution >= 4 is 17.8 Å². The number of carbonyl (C=O) groups excluding carboxylic acids is 2. The predicted molar refractivity (Wildman–Crippen MR) is 84.1 cm³/mol. The van der Waals surface area contributed by atoms with Crippen LogP contribution in [0.5, 0.6) is 0 Å². The van der Waals surface area contributed by atoms with Gasteiger partial charge in [0.05, 0.1) is 19.5 Å². The van der Waals surface area contributed by atoms with Gasteiger partial charge in [0.25, 0.3) is 0 Å². The quantitative estimate of drug-likeness (QED) is 0.151. The van der Waals surface area contributed by atoms with Crippen molar-refractivity contribution in [1.82, 2.24) is 15.3 Å². The van der Waals surface area contributed by atoms with E-state index in [1.54, 1.807) is 6.20 Å². The van der Waals surface area contributed by atoms with Gasteiger partial charge in [-0.15, -0.1) is 0 Å². The molecular formula is C13H23N7O3. The van der Waals surface area contributed by atoms with Crippen LogP contribution in [0, 0.1) is 0 Å². The zero-order valence-corrected chi connectivity index (χ0v) is 13.0. The van der Waals surface area contributed by atoms with Crippen molar-refractivity contribution in [3.8, 4) is 0 Å². The van der Waals surface area contributed by atoms with Crippen LogP contribution in [0.4, 0.5) is 0 Å². The highest BCUT2D eigenvalue weighted by atomic mass is 16.5. The maximum absolute atomic E-state index is 12.1. The van der Waals surface area contributed by atoms with Crippen molar-refractivity contribution in [1.29, 1.82) is 0 Å². The Balaban J connectivity index is 2.52. The van der Waals surface area contributed by atoms with E-state index >= 15 is 0 Å². The molecular weight excluding hydrogens is 302 g/mol. The summed E-state index contributed by atoms with van der Waals surface area (Å²) in [6.45, 7) is 0.353. The van der Waals surface area contributed by atoms with Gasteiger partial charge in [-0.3, -0.25) is 9.79 Å². The lowest BCUT2D eigenvalue weighted by Crippen LogP contribution is -2.49. The number of nitrogens with zero attached hydrogens (tertiary/aromatic N) is 2. The van der Waals surface area contributed by atoms with E-state index in [-0.39, 0.29) is 12.4 Å². The number of guanidine groups is 1. The van der Waals surface area contributed by atoms with Crippen LogP contribution < -0.4 is 22.5 Å². The number of esters is 1. The molecule has 1 heterocycles. The molecule has 128 valence electrons. The van der Waals surface area contributed by atoms with Gasteiger partial charge in [-0.25, -0.2) is 9.78 Å². The topological polar surface area (TPSA) is 174 Å². The number of aromatic nitrogens is 2. The second-order valence-electron chi connectivity index (χ2n) is 4.92. The first-order valence-corrected chi connectivity index (χ1v) is 7.10. The summed E-state index contributed by atoms with van der Waals surface area (Å²) in [5, 5.41) is 2.58. The molecule has 0 saturated heterocycles. The molecule has 0 unspecified atom stereocenters. The number of amides is 1. The molecule has 0 fully saturated rings. The molecule has 1 aromatic heterocycles. The minimum Gasteiger partial charge on any atom is -0.467 e. The highest BCUT2D eigenvalue weighted by Crippen LogP contribution is 2.03. The number of rotatable bonds is 9. The maximum atomic E-state index is 12.1. The Kier molecular flexibility index (Phi) is 7.54. The van der Waals surface area contributed by atoms with Crippen LogP contribution >= 0.6 is 0 Å². The van der Waals surface area contributed by atoms with Gasteiger partial charge in [0.2, 0.25) is 5.91 Å². The second-order valence-corrected chi connectivity index (χ2v) is 4.92. The summed E-state index contributed by atoms with van der Waals surface area (Å²) in [4.78, 5) is 34.4. The fraction of sp³-hybridized carbons (Fsp3) is 0.538.